The number of nitrogens with zero attached hydrogens (tertiary/aromatic N) is 4. The van der Waals surface area contributed by atoms with Crippen LogP contribution in [0.15, 0.2) is 29.4 Å². The molecule has 1 aliphatic heterocycles. The van der Waals surface area contributed by atoms with Crippen molar-refractivity contribution >= 4 is 15.8 Å². The first-order chi connectivity index (χ1) is 11.0. The van der Waals surface area contributed by atoms with Crippen LogP contribution >= 0.6 is 0 Å². The number of rotatable bonds is 4. The molecular weight excluding hydrogens is 318 g/mol. The molecule has 3 heterocycles. The lowest BCUT2D eigenvalue weighted by atomic mass is 10.3. The van der Waals surface area contributed by atoms with E-state index in [2.05, 4.69) is 20.1 Å². The smallest absolute Gasteiger partial charge is 0.246 e. The van der Waals surface area contributed by atoms with Crippen LogP contribution in [0.3, 0.4) is 0 Å². The number of methoxy groups -OCH3 is 1. The Morgan fingerprint density at radius 2 is 2.00 bits per heavy atom. The summed E-state index contributed by atoms with van der Waals surface area (Å²) in [6, 6.07) is 3.64. The number of ether oxygens (including phenoxy) is 1. The number of H-pyrrole nitrogens is 1. The van der Waals surface area contributed by atoms with Crippen molar-refractivity contribution in [2.75, 3.05) is 38.2 Å². The van der Waals surface area contributed by atoms with Crippen molar-refractivity contribution < 1.29 is 13.2 Å². The molecule has 0 spiro atoms. The van der Waals surface area contributed by atoms with Gasteiger partial charge in [0.2, 0.25) is 10.0 Å². The van der Waals surface area contributed by atoms with E-state index in [1.54, 1.807) is 26.3 Å². The summed E-state index contributed by atoms with van der Waals surface area (Å²) in [7, 11) is -1.89. The lowest BCUT2D eigenvalue weighted by molar-refractivity contribution is 0.382. The Kier molecular flexibility index (Phi) is 4.22. The van der Waals surface area contributed by atoms with Gasteiger partial charge in [0.25, 0.3) is 0 Å². The number of aromatic nitrogens is 3. The number of aryl methyl sites for hydroxylation is 1. The minimum atomic E-state index is -3.50. The van der Waals surface area contributed by atoms with Crippen LogP contribution in [0.1, 0.15) is 5.69 Å². The van der Waals surface area contributed by atoms with E-state index in [0.717, 1.165) is 11.6 Å². The fraction of sp³-hybridized carbons (Fsp3) is 0.429. The monoisotopic (exact) mass is 337 g/mol. The first-order valence-corrected chi connectivity index (χ1v) is 8.71. The molecule has 0 aliphatic carbocycles. The summed E-state index contributed by atoms with van der Waals surface area (Å²) in [5, 5.41) is 6.47. The fourth-order valence-electron chi connectivity index (χ4n) is 2.60. The lowest BCUT2D eigenvalue weighted by Gasteiger charge is -2.34. The Bertz CT molecular complexity index is 781. The predicted octanol–water partition coefficient (Wildman–Crippen LogP) is 0.633. The first-order valence-electron chi connectivity index (χ1n) is 7.27. The highest BCUT2D eigenvalue weighted by molar-refractivity contribution is 7.89. The normalized spacial score (nSPS) is 16.5. The summed E-state index contributed by atoms with van der Waals surface area (Å²) in [4.78, 5) is 6.62. The fourth-order valence-corrected chi connectivity index (χ4v) is 4.14. The molecule has 23 heavy (non-hydrogen) atoms. The zero-order valence-corrected chi connectivity index (χ0v) is 13.9. The number of nitrogens with one attached hydrogen (secondary N) is 1. The maximum absolute atomic E-state index is 12.6. The van der Waals surface area contributed by atoms with Gasteiger partial charge in [-0.25, -0.2) is 13.4 Å². The molecule has 9 heteroatoms. The minimum Gasteiger partial charge on any atom is -0.497 e. The van der Waals surface area contributed by atoms with Gasteiger partial charge in [-0.05, 0) is 13.0 Å². The predicted molar refractivity (Wildman–Crippen MR) is 85.1 cm³/mol. The van der Waals surface area contributed by atoms with Gasteiger partial charge in [0.05, 0.1) is 19.0 Å². The van der Waals surface area contributed by atoms with Gasteiger partial charge in [-0.1, -0.05) is 0 Å². The molecular formula is C14H19N5O3S. The van der Waals surface area contributed by atoms with E-state index in [9.17, 15) is 8.42 Å². The van der Waals surface area contributed by atoms with Crippen molar-refractivity contribution in [1.82, 2.24) is 19.5 Å². The van der Waals surface area contributed by atoms with Gasteiger partial charge in [0.15, 0.2) is 0 Å². The molecule has 1 fully saturated rings. The van der Waals surface area contributed by atoms with Gasteiger partial charge in [-0.3, -0.25) is 5.10 Å². The molecule has 3 rings (SSSR count). The van der Waals surface area contributed by atoms with Crippen LogP contribution in [0.5, 0.6) is 5.75 Å². The maximum atomic E-state index is 12.6. The zero-order chi connectivity index (χ0) is 16.4. The molecule has 0 radical (unpaired) electrons. The van der Waals surface area contributed by atoms with Crippen LogP contribution in [0, 0.1) is 6.92 Å². The maximum Gasteiger partial charge on any atom is 0.246 e. The highest BCUT2D eigenvalue weighted by Crippen LogP contribution is 2.23. The van der Waals surface area contributed by atoms with Gasteiger partial charge in [0.1, 0.15) is 16.5 Å². The Morgan fingerprint density at radius 3 is 2.61 bits per heavy atom. The Balaban J connectivity index is 1.72. The van der Waals surface area contributed by atoms with Gasteiger partial charge in [-0.15, -0.1) is 0 Å². The highest BCUT2D eigenvalue weighted by Gasteiger charge is 2.30. The standard InChI is InChI=1S/C14H19N5O3S/c1-11-13(10-16-17-11)23(20,21)19-7-5-18(6-8-19)14-9-12(22-2)3-4-15-14/h3-4,9-10H,5-8H2,1-2H3,(H,16,17). The third-order valence-electron chi connectivity index (χ3n) is 3.92. The van der Waals surface area contributed by atoms with E-state index in [0.29, 0.717) is 31.9 Å². The van der Waals surface area contributed by atoms with E-state index in [4.69, 9.17) is 4.74 Å². The number of hydrogen-bond donors (Lipinski definition) is 1. The molecule has 0 aromatic carbocycles. The van der Waals surface area contributed by atoms with Crippen LogP contribution in [0.2, 0.25) is 0 Å². The summed E-state index contributed by atoms with van der Waals surface area (Å²) in [6.45, 7) is 3.68. The second kappa shape index (κ2) is 6.17. The van der Waals surface area contributed by atoms with Gasteiger partial charge >= 0.3 is 0 Å². The van der Waals surface area contributed by atoms with Crippen LogP contribution < -0.4 is 9.64 Å². The molecule has 2 aromatic rings. The SMILES string of the molecule is COc1ccnc(N2CCN(S(=O)(=O)c3cn[nH]c3C)CC2)c1. The minimum absolute atomic E-state index is 0.241. The molecule has 0 amide bonds. The van der Waals surface area contributed by atoms with E-state index in [1.807, 2.05) is 6.07 Å². The van der Waals surface area contributed by atoms with Gasteiger partial charge in [0, 0.05) is 38.4 Å². The summed E-state index contributed by atoms with van der Waals surface area (Å²) >= 11 is 0. The molecule has 1 aliphatic rings. The molecule has 0 atom stereocenters. The van der Waals surface area contributed by atoms with E-state index < -0.39 is 10.0 Å². The van der Waals surface area contributed by atoms with Crippen LogP contribution in [-0.2, 0) is 10.0 Å². The van der Waals surface area contributed by atoms with Crippen molar-refractivity contribution in [1.29, 1.82) is 0 Å². The van der Waals surface area contributed by atoms with Crippen molar-refractivity contribution in [2.45, 2.75) is 11.8 Å². The third-order valence-corrected chi connectivity index (χ3v) is 5.93. The quantitative estimate of drug-likeness (QED) is 0.880. The van der Waals surface area contributed by atoms with E-state index in [1.165, 1.54) is 10.5 Å². The Hall–Kier alpha value is -2.13. The molecule has 1 N–H and O–H groups in total. The molecule has 8 nitrogen and oxygen atoms in total. The number of pyridine rings is 1. The topological polar surface area (TPSA) is 91.4 Å². The molecule has 0 saturated carbocycles. The number of piperazine rings is 1. The van der Waals surface area contributed by atoms with Crippen LogP contribution in [0.4, 0.5) is 5.82 Å². The first kappa shape index (κ1) is 15.8. The highest BCUT2D eigenvalue weighted by atomic mass is 32.2. The van der Waals surface area contributed by atoms with Crippen molar-refractivity contribution in [3.05, 3.63) is 30.2 Å². The zero-order valence-electron chi connectivity index (χ0n) is 13.1. The second-order valence-electron chi connectivity index (χ2n) is 5.30. The number of sulfonamides is 1. The molecule has 0 bridgehead atoms. The number of aromatic amines is 1. The van der Waals surface area contributed by atoms with Crippen LogP contribution in [0.25, 0.3) is 0 Å². The van der Waals surface area contributed by atoms with Crippen molar-refractivity contribution in [3.8, 4) is 5.75 Å². The van der Waals surface area contributed by atoms with Gasteiger partial charge < -0.3 is 9.64 Å². The summed E-state index contributed by atoms with van der Waals surface area (Å²) in [5.74, 6) is 1.53. The summed E-state index contributed by atoms with van der Waals surface area (Å²) in [5.41, 5.74) is 0.557. The molecule has 2 aromatic heterocycles. The second-order valence-corrected chi connectivity index (χ2v) is 7.21. The van der Waals surface area contributed by atoms with Gasteiger partial charge in [-0.2, -0.15) is 9.40 Å². The lowest BCUT2D eigenvalue weighted by Crippen LogP contribution is -2.49. The third kappa shape index (κ3) is 3.02. The number of hydrogen-bond acceptors (Lipinski definition) is 6. The Labute approximate surface area is 135 Å². The average Bonchev–Trinajstić information content (AvgIpc) is 3.02. The largest absolute Gasteiger partial charge is 0.497 e. The number of anilines is 1. The van der Waals surface area contributed by atoms with Crippen molar-refractivity contribution in [2.24, 2.45) is 0 Å². The molecule has 124 valence electrons. The average molecular weight is 337 g/mol. The molecule has 1 saturated heterocycles. The molecule has 0 unspecified atom stereocenters. The van der Waals surface area contributed by atoms with E-state index >= 15 is 0 Å². The Morgan fingerprint density at radius 1 is 1.26 bits per heavy atom. The summed E-state index contributed by atoms with van der Waals surface area (Å²) < 4.78 is 31.9. The summed E-state index contributed by atoms with van der Waals surface area (Å²) in [6.07, 6.45) is 3.05. The van der Waals surface area contributed by atoms with E-state index in [-0.39, 0.29) is 4.90 Å². The van der Waals surface area contributed by atoms with Crippen LogP contribution in [-0.4, -0.2) is 61.2 Å². The van der Waals surface area contributed by atoms with Crippen molar-refractivity contribution in [3.63, 3.8) is 0 Å².